The van der Waals surface area contributed by atoms with Crippen molar-refractivity contribution in [3.05, 3.63) is 0 Å². The molecule has 0 aliphatic heterocycles. The first kappa shape index (κ1) is 18.4. The van der Waals surface area contributed by atoms with Crippen LogP contribution in [-0.2, 0) is 14.3 Å². The number of carboxylic acid groups (broad SMARTS) is 1. The summed E-state index contributed by atoms with van der Waals surface area (Å²) in [5.41, 5.74) is -2.72. The molecule has 0 amide bonds. The van der Waals surface area contributed by atoms with Crippen LogP contribution in [0.4, 0.5) is 0 Å². The summed E-state index contributed by atoms with van der Waals surface area (Å²) in [5, 5.41) is 21.5. The largest absolute Gasteiger partial charge is 0.480 e. The van der Waals surface area contributed by atoms with E-state index in [1.165, 1.54) is 0 Å². The molecule has 2 aliphatic carbocycles. The lowest BCUT2D eigenvalue weighted by Crippen LogP contribution is -2.62. The Bertz CT molecular complexity index is 524. The van der Waals surface area contributed by atoms with Crippen LogP contribution >= 0.6 is 0 Å². The lowest BCUT2D eigenvalue weighted by atomic mass is 9.80. The van der Waals surface area contributed by atoms with Crippen molar-refractivity contribution in [2.45, 2.75) is 77.2 Å². The van der Waals surface area contributed by atoms with Crippen molar-refractivity contribution >= 4 is 11.8 Å². The average Bonchev–Trinajstić information content (AvgIpc) is 2.86. The Morgan fingerprint density at radius 3 is 2.39 bits per heavy atom. The molecule has 0 saturated heterocycles. The fourth-order valence-electron chi connectivity index (χ4n) is 4.43. The van der Waals surface area contributed by atoms with E-state index >= 15 is 0 Å². The Morgan fingerprint density at radius 2 is 1.96 bits per heavy atom. The number of ketones is 1. The van der Waals surface area contributed by atoms with Gasteiger partial charge in [-0.25, -0.2) is 0 Å². The summed E-state index contributed by atoms with van der Waals surface area (Å²) in [6.07, 6.45) is 1.41. The number of carbonyl (C=O) groups excluding carboxylic acids is 1. The molecule has 4 atom stereocenters. The fourth-order valence-corrected chi connectivity index (χ4v) is 4.43. The van der Waals surface area contributed by atoms with Crippen molar-refractivity contribution in [1.82, 2.24) is 5.32 Å². The molecule has 6 heteroatoms. The third kappa shape index (κ3) is 2.71. The smallest absolute Gasteiger partial charge is 0.323 e. The van der Waals surface area contributed by atoms with Crippen LogP contribution < -0.4 is 5.32 Å². The number of hydrogen-bond donors (Lipinski definition) is 3. The zero-order valence-electron chi connectivity index (χ0n) is 14.9. The van der Waals surface area contributed by atoms with E-state index in [0.29, 0.717) is 6.42 Å². The Hall–Kier alpha value is -0.980. The van der Waals surface area contributed by atoms with Crippen molar-refractivity contribution in [3.63, 3.8) is 0 Å². The van der Waals surface area contributed by atoms with E-state index in [9.17, 15) is 19.8 Å². The van der Waals surface area contributed by atoms with Gasteiger partial charge in [-0.2, -0.15) is 0 Å². The molecule has 2 fully saturated rings. The minimum atomic E-state index is -1.15. The van der Waals surface area contributed by atoms with E-state index in [4.69, 9.17) is 4.74 Å². The van der Waals surface area contributed by atoms with Gasteiger partial charge in [0.2, 0.25) is 0 Å². The molecule has 2 aliphatic rings. The maximum absolute atomic E-state index is 13.3. The van der Waals surface area contributed by atoms with Crippen molar-refractivity contribution < 1.29 is 24.5 Å². The number of carbonyl (C=O) groups is 2. The lowest BCUT2D eigenvalue weighted by molar-refractivity contribution is -0.171. The molecule has 0 aromatic carbocycles. The Morgan fingerprint density at radius 1 is 1.39 bits per heavy atom. The standard InChI is InChI=1S/C17H29NO5/c1-14(2,3)23-16(6)8-7-11-15(4,5)17(11,13(16)22)18-10(9-19)12(20)21/h10-11,18-19H,7-9H2,1-6H3,(H,20,21)/t10-,11?,16?,17?/m0/s1. The topological polar surface area (TPSA) is 95.9 Å². The molecule has 0 heterocycles. The number of aliphatic hydroxyl groups is 1. The predicted molar refractivity (Wildman–Crippen MR) is 85.1 cm³/mol. The zero-order valence-corrected chi connectivity index (χ0v) is 14.9. The van der Waals surface area contributed by atoms with Crippen LogP contribution in [0.25, 0.3) is 0 Å². The zero-order chi connectivity index (χ0) is 17.8. The minimum absolute atomic E-state index is 0.0625. The molecule has 23 heavy (non-hydrogen) atoms. The van der Waals surface area contributed by atoms with Crippen molar-refractivity contribution in [1.29, 1.82) is 0 Å². The molecule has 2 rings (SSSR count). The van der Waals surface area contributed by atoms with Gasteiger partial charge >= 0.3 is 5.97 Å². The first-order valence-electron chi connectivity index (χ1n) is 8.18. The van der Waals surface area contributed by atoms with E-state index in [1.807, 2.05) is 34.6 Å². The normalized spacial score (nSPS) is 37.2. The molecule has 6 nitrogen and oxygen atoms in total. The highest BCUT2D eigenvalue weighted by atomic mass is 16.5. The van der Waals surface area contributed by atoms with Gasteiger partial charge in [0, 0.05) is 0 Å². The summed E-state index contributed by atoms with van der Waals surface area (Å²) in [4.78, 5) is 24.6. The van der Waals surface area contributed by atoms with Gasteiger partial charge in [0.1, 0.15) is 11.6 Å². The van der Waals surface area contributed by atoms with Gasteiger partial charge in [-0.05, 0) is 51.9 Å². The molecule has 2 saturated carbocycles. The number of ether oxygens (including phenoxy) is 1. The summed E-state index contributed by atoms with van der Waals surface area (Å²) in [6, 6.07) is -1.15. The number of fused-ring (bicyclic) bond motifs is 1. The van der Waals surface area contributed by atoms with Gasteiger partial charge in [-0.15, -0.1) is 0 Å². The van der Waals surface area contributed by atoms with Crippen LogP contribution in [-0.4, -0.2) is 51.4 Å². The summed E-state index contributed by atoms with van der Waals surface area (Å²) in [7, 11) is 0. The van der Waals surface area contributed by atoms with Gasteiger partial charge in [0.25, 0.3) is 0 Å². The first-order chi connectivity index (χ1) is 10.3. The van der Waals surface area contributed by atoms with Gasteiger partial charge in [0.05, 0.1) is 17.7 Å². The SMILES string of the molecule is CC(C)(C)OC1(C)CCC2C(C)(C)C2(N[C@@H](CO)C(=O)O)C1=O. The number of Topliss-reactive ketones (excluding diaryl/α,β-unsaturated/α-hetero) is 1. The second kappa shape index (κ2) is 5.26. The van der Waals surface area contributed by atoms with Crippen LogP contribution in [0, 0.1) is 11.3 Å². The number of nitrogens with one attached hydrogen (secondary N) is 1. The second-order valence-corrected chi connectivity index (χ2v) is 8.61. The van der Waals surface area contributed by atoms with E-state index in [-0.39, 0.29) is 17.1 Å². The van der Waals surface area contributed by atoms with Gasteiger partial charge in [-0.1, -0.05) is 13.8 Å². The van der Waals surface area contributed by atoms with Crippen LogP contribution in [0.5, 0.6) is 0 Å². The second-order valence-electron chi connectivity index (χ2n) is 8.61. The maximum atomic E-state index is 13.3. The first-order valence-corrected chi connectivity index (χ1v) is 8.18. The predicted octanol–water partition coefficient (Wildman–Crippen LogP) is 1.35. The molecular formula is C17H29NO5. The fraction of sp³-hybridized carbons (Fsp3) is 0.882. The highest BCUT2D eigenvalue weighted by Crippen LogP contribution is 2.68. The molecular weight excluding hydrogens is 298 g/mol. The van der Waals surface area contributed by atoms with Crippen molar-refractivity contribution in [2.75, 3.05) is 6.61 Å². The number of hydrogen-bond acceptors (Lipinski definition) is 5. The van der Waals surface area contributed by atoms with Gasteiger partial charge < -0.3 is 14.9 Å². The van der Waals surface area contributed by atoms with Crippen molar-refractivity contribution in [3.8, 4) is 0 Å². The van der Waals surface area contributed by atoms with Gasteiger partial charge in [0.15, 0.2) is 5.78 Å². The van der Waals surface area contributed by atoms with E-state index in [2.05, 4.69) is 5.32 Å². The quantitative estimate of drug-likeness (QED) is 0.705. The van der Waals surface area contributed by atoms with E-state index < -0.39 is 35.4 Å². The Kier molecular flexibility index (Phi) is 4.20. The summed E-state index contributed by atoms with van der Waals surface area (Å²) >= 11 is 0. The molecule has 0 bridgehead atoms. The summed E-state index contributed by atoms with van der Waals surface area (Å²) in [5.74, 6) is -1.19. The summed E-state index contributed by atoms with van der Waals surface area (Å²) in [6.45, 7) is 10.9. The Balaban J connectivity index is 2.36. The molecule has 3 N–H and O–H groups in total. The van der Waals surface area contributed by atoms with Gasteiger partial charge in [-0.3, -0.25) is 14.9 Å². The monoisotopic (exact) mass is 327 g/mol. The molecule has 132 valence electrons. The Labute approximate surface area is 137 Å². The number of aliphatic hydroxyl groups excluding tert-OH is 1. The van der Waals surface area contributed by atoms with Crippen LogP contribution in [0.2, 0.25) is 0 Å². The molecule has 3 unspecified atom stereocenters. The van der Waals surface area contributed by atoms with Crippen molar-refractivity contribution in [2.24, 2.45) is 11.3 Å². The number of rotatable bonds is 5. The highest BCUT2D eigenvalue weighted by molar-refractivity contribution is 6.01. The van der Waals surface area contributed by atoms with E-state index in [0.717, 1.165) is 6.42 Å². The molecule has 0 aromatic rings. The third-order valence-corrected chi connectivity index (χ3v) is 5.49. The lowest BCUT2D eigenvalue weighted by Gasteiger charge is -2.42. The van der Waals surface area contributed by atoms with E-state index in [1.54, 1.807) is 6.92 Å². The maximum Gasteiger partial charge on any atom is 0.323 e. The number of aliphatic carboxylic acids is 1. The minimum Gasteiger partial charge on any atom is -0.480 e. The molecule has 0 radical (unpaired) electrons. The number of carboxylic acids is 1. The average molecular weight is 327 g/mol. The van der Waals surface area contributed by atoms with Crippen LogP contribution in [0.3, 0.4) is 0 Å². The summed E-state index contributed by atoms with van der Waals surface area (Å²) < 4.78 is 6.07. The molecule has 0 aromatic heterocycles. The van der Waals surface area contributed by atoms with Crippen LogP contribution in [0.15, 0.2) is 0 Å². The van der Waals surface area contributed by atoms with Crippen LogP contribution in [0.1, 0.15) is 54.4 Å². The highest BCUT2D eigenvalue weighted by Gasteiger charge is 2.79. The third-order valence-electron chi connectivity index (χ3n) is 5.49. The molecule has 0 spiro atoms.